The molecule has 0 bridgehead atoms. The third-order valence-electron chi connectivity index (χ3n) is 2.34. The maximum atomic E-state index is 3.32. The molecule has 1 heteroatoms. The van der Waals surface area contributed by atoms with Crippen LogP contribution in [0.2, 0.25) is 0 Å². The SMILES string of the molecule is CCC(C)C1=CCNCC1. The fraction of sp³-hybridized carbons (Fsp3) is 0.778. The first-order chi connectivity index (χ1) is 4.84. The van der Waals surface area contributed by atoms with Crippen LogP contribution in [0.5, 0.6) is 0 Å². The first-order valence-electron chi connectivity index (χ1n) is 4.24. The van der Waals surface area contributed by atoms with Gasteiger partial charge in [0, 0.05) is 6.54 Å². The molecule has 0 fully saturated rings. The molecule has 0 amide bonds. The van der Waals surface area contributed by atoms with Crippen molar-refractivity contribution in [2.75, 3.05) is 13.1 Å². The molecular weight excluding hydrogens is 122 g/mol. The van der Waals surface area contributed by atoms with Gasteiger partial charge in [-0.15, -0.1) is 0 Å². The largest absolute Gasteiger partial charge is 0.313 e. The highest BCUT2D eigenvalue weighted by Crippen LogP contribution is 2.18. The van der Waals surface area contributed by atoms with Crippen molar-refractivity contribution in [2.45, 2.75) is 26.7 Å². The van der Waals surface area contributed by atoms with Gasteiger partial charge in [-0.3, -0.25) is 0 Å². The van der Waals surface area contributed by atoms with E-state index < -0.39 is 0 Å². The molecule has 1 heterocycles. The third kappa shape index (κ3) is 1.84. The van der Waals surface area contributed by atoms with Crippen molar-refractivity contribution in [1.82, 2.24) is 5.32 Å². The van der Waals surface area contributed by atoms with Crippen molar-refractivity contribution < 1.29 is 0 Å². The predicted molar refractivity (Wildman–Crippen MR) is 45.0 cm³/mol. The number of hydrogen-bond donors (Lipinski definition) is 1. The molecule has 1 nitrogen and oxygen atoms in total. The summed E-state index contributed by atoms with van der Waals surface area (Å²) >= 11 is 0. The minimum atomic E-state index is 0.807. The number of rotatable bonds is 2. The van der Waals surface area contributed by atoms with Crippen LogP contribution >= 0.6 is 0 Å². The molecule has 0 saturated heterocycles. The van der Waals surface area contributed by atoms with Crippen LogP contribution in [0, 0.1) is 5.92 Å². The Morgan fingerprint density at radius 2 is 2.50 bits per heavy atom. The molecule has 0 aromatic rings. The highest BCUT2D eigenvalue weighted by molar-refractivity contribution is 5.09. The van der Waals surface area contributed by atoms with Crippen LogP contribution in [0.4, 0.5) is 0 Å². The van der Waals surface area contributed by atoms with Crippen LogP contribution < -0.4 is 5.32 Å². The van der Waals surface area contributed by atoms with Gasteiger partial charge in [0.15, 0.2) is 0 Å². The molecule has 1 unspecified atom stereocenters. The highest BCUT2D eigenvalue weighted by Gasteiger charge is 2.08. The van der Waals surface area contributed by atoms with E-state index in [2.05, 4.69) is 25.2 Å². The summed E-state index contributed by atoms with van der Waals surface area (Å²) in [7, 11) is 0. The Bertz CT molecular complexity index is 127. The third-order valence-corrected chi connectivity index (χ3v) is 2.34. The van der Waals surface area contributed by atoms with E-state index in [1.165, 1.54) is 19.4 Å². The Morgan fingerprint density at radius 1 is 1.70 bits per heavy atom. The number of nitrogens with one attached hydrogen (secondary N) is 1. The van der Waals surface area contributed by atoms with E-state index in [9.17, 15) is 0 Å². The molecule has 1 atom stereocenters. The summed E-state index contributed by atoms with van der Waals surface area (Å²) in [5.41, 5.74) is 1.65. The summed E-state index contributed by atoms with van der Waals surface area (Å²) in [6.07, 6.45) is 4.89. The quantitative estimate of drug-likeness (QED) is 0.577. The van der Waals surface area contributed by atoms with Crippen LogP contribution in [0.15, 0.2) is 11.6 Å². The fourth-order valence-corrected chi connectivity index (χ4v) is 1.35. The van der Waals surface area contributed by atoms with Crippen molar-refractivity contribution in [3.05, 3.63) is 11.6 Å². The van der Waals surface area contributed by atoms with E-state index in [1.807, 2.05) is 0 Å². The van der Waals surface area contributed by atoms with Gasteiger partial charge in [-0.1, -0.05) is 25.5 Å². The van der Waals surface area contributed by atoms with E-state index in [0.717, 1.165) is 12.5 Å². The average Bonchev–Trinajstić information content (AvgIpc) is 2.05. The van der Waals surface area contributed by atoms with Crippen molar-refractivity contribution in [2.24, 2.45) is 5.92 Å². The minimum Gasteiger partial charge on any atom is -0.313 e. The maximum Gasteiger partial charge on any atom is 0.0137 e. The first-order valence-corrected chi connectivity index (χ1v) is 4.24. The molecule has 1 rings (SSSR count). The van der Waals surface area contributed by atoms with E-state index in [4.69, 9.17) is 0 Å². The fourth-order valence-electron chi connectivity index (χ4n) is 1.35. The second-order valence-electron chi connectivity index (χ2n) is 3.04. The highest BCUT2D eigenvalue weighted by atomic mass is 14.8. The van der Waals surface area contributed by atoms with E-state index in [0.29, 0.717) is 0 Å². The monoisotopic (exact) mass is 139 g/mol. The molecule has 1 aliphatic heterocycles. The predicted octanol–water partition coefficient (Wildman–Crippen LogP) is 1.95. The van der Waals surface area contributed by atoms with Gasteiger partial charge in [-0.2, -0.15) is 0 Å². The number of hydrogen-bond acceptors (Lipinski definition) is 1. The van der Waals surface area contributed by atoms with Crippen molar-refractivity contribution in [3.8, 4) is 0 Å². The molecule has 0 aromatic heterocycles. The van der Waals surface area contributed by atoms with E-state index >= 15 is 0 Å². The summed E-state index contributed by atoms with van der Waals surface area (Å²) in [6.45, 7) is 6.83. The van der Waals surface area contributed by atoms with Gasteiger partial charge >= 0.3 is 0 Å². The van der Waals surface area contributed by atoms with Gasteiger partial charge < -0.3 is 5.32 Å². The molecule has 0 aromatic carbocycles. The second-order valence-corrected chi connectivity index (χ2v) is 3.04. The zero-order valence-corrected chi connectivity index (χ0v) is 6.98. The van der Waals surface area contributed by atoms with Crippen LogP contribution in [0.3, 0.4) is 0 Å². The summed E-state index contributed by atoms with van der Waals surface area (Å²) in [5.74, 6) is 0.807. The lowest BCUT2D eigenvalue weighted by molar-refractivity contribution is 0.579. The molecule has 10 heavy (non-hydrogen) atoms. The summed E-state index contributed by atoms with van der Waals surface area (Å²) in [6, 6.07) is 0. The molecule has 0 saturated carbocycles. The smallest absolute Gasteiger partial charge is 0.0137 e. The van der Waals surface area contributed by atoms with Gasteiger partial charge in [0.1, 0.15) is 0 Å². The van der Waals surface area contributed by atoms with Crippen LogP contribution in [-0.4, -0.2) is 13.1 Å². The first kappa shape index (κ1) is 7.80. The Labute approximate surface area is 63.5 Å². The lowest BCUT2D eigenvalue weighted by Gasteiger charge is -2.18. The summed E-state index contributed by atoms with van der Waals surface area (Å²) < 4.78 is 0. The molecule has 0 spiro atoms. The normalized spacial score (nSPS) is 22.0. The zero-order chi connectivity index (χ0) is 7.40. The van der Waals surface area contributed by atoms with Crippen LogP contribution in [0.25, 0.3) is 0 Å². The van der Waals surface area contributed by atoms with Crippen molar-refractivity contribution in [3.63, 3.8) is 0 Å². The Kier molecular flexibility index (Phi) is 2.94. The van der Waals surface area contributed by atoms with Gasteiger partial charge in [0.2, 0.25) is 0 Å². The standard InChI is InChI=1S/C9H17N/c1-3-8(2)9-4-6-10-7-5-9/h4,8,10H,3,5-7H2,1-2H3. The molecular formula is C9H17N. The van der Waals surface area contributed by atoms with E-state index in [1.54, 1.807) is 5.57 Å². The molecule has 0 aliphatic carbocycles. The maximum absolute atomic E-state index is 3.32. The average molecular weight is 139 g/mol. The van der Waals surface area contributed by atoms with Gasteiger partial charge in [0.25, 0.3) is 0 Å². The summed E-state index contributed by atoms with van der Waals surface area (Å²) in [5, 5.41) is 3.32. The lowest BCUT2D eigenvalue weighted by atomic mass is 9.94. The lowest BCUT2D eigenvalue weighted by Crippen LogP contribution is -2.22. The van der Waals surface area contributed by atoms with Gasteiger partial charge in [-0.25, -0.2) is 0 Å². The Balaban J connectivity index is 2.44. The van der Waals surface area contributed by atoms with Crippen molar-refractivity contribution >= 4 is 0 Å². The molecule has 1 aliphatic rings. The summed E-state index contributed by atoms with van der Waals surface area (Å²) in [4.78, 5) is 0. The topological polar surface area (TPSA) is 12.0 Å². The Morgan fingerprint density at radius 3 is 3.00 bits per heavy atom. The second kappa shape index (κ2) is 3.77. The van der Waals surface area contributed by atoms with Crippen LogP contribution in [-0.2, 0) is 0 Å². The molecule has 1 N–H and O–H groups in total. The zero-order valence-electron chi connectivity index (χ0n) is 6.98. The van der Waals surface area contributed by atoms with Crippen LogP contribution in [0.1, 0.15) is 26.7 Å². The molecule has 0 radical (unpaired) electrons. The van der Waals surface area contributed by atoms with Gasteiger partial charge in [-0.05, 0) is 25.3 Å². The van der Waals surface area contributed by atoms with E-state index in [-0.39, 0.29) is 0 Å². The van der Waals surface area contributed by atoms with Crippen molar-refractivity contribution in [1.29, 1.82) is 0 Å². The van der Waals surface area contributed by atoms with Gasteiger partial charge in [0.05, 0.1) is 0 Å². The Hall–Kier alpha value is -0.300. The molecule has 58 valence electrons. The minimum absolute atomic E-state index is 0.807.